The molecule has 0 amide bonds. The highest BCUT2D eigenvalue weighted by Gasteiger charge is 2.20. The molecule has 0 aliphatic heterocycles. The van der Waals surface area contributed by atoms with Crippen LogP contribution in [0.4, 0.5) is 0 Å². The highest BCUT2D eigenvalue weighted by atomic mass is 32.2. The fourth-order valence-corrected chi connectivity index (χ4v) is 2.49. The van der Waals surface area contributed by atoms with Crippen LogP contribution in [0, 0.1) is 6.92 Å². The molecular weight excluding hydrogens is 292 g/mol. The predicted octanol–water partition coefficient (Wildman–Crippen LogP) is 1.78. The van der Waals surface area contributed by atoms with Crippen LogP contribution in [0.25, 0.3) is 0 Å². The van der Waals surface area contributed by atoms with Crippen molar-refractivity contribution in [3.8, 4) is 0 Å². The van der Waals surface area contributed by atoms with E-state index in [0.29, 0.717) is 0 Å². The van der Waals surface area contributed by atoms with Crippen molar-refractivity contribution >= 4 is 10.1 Å². The lowest BCUT2D eigenvalue weighted by atomic mass is 10.2. The molecule has 0 heterocycles. The van der Waals surface area contributed by atoms with Crippen LogP contribution in [0.1, 0.15) is 25.3 Å². The molecule has 0 unspecified atom stereocenters. The molecule has 6 heteroatoms. The van der Waals surface area contributed by atoms with Crippen LogP contribution in [0.3, 0.4) is 0 Å². The first kappa shape index (κ1) is 17.8. The Morgan fingerprint density at radius 1 is 1.24 bits per heavy atom. The molecule has 2 atom stereocenters. The van der Waals surface area contributed by atoms with Gasteiger partial charge in [-0.1, -0.05) is 43.2 Å². The van der Waals surface area contributed by atoms with E-state index in [4.69, 9.17) is 4.18 Å². The second kappa shape index (κ2) is 8.29. The number of unbranched alkanes of at least 4 members (excludes halogenated alkanes) is 1. The van der Waals surface area contributed by atoms with Crippen LogP contribution >= 0.6 is 0 Å². The minimum Gasteiger partial charge on any atom is -0.388 e. The summed E-state index contributed by atoms with van der Waals surface area (Å²) >= 11 is 0. The Bertz CT molecular complexity index is 548. The van der Waals surface area contributed by atoms with Crippen molar-refractivity contribution in [1.29, 1.82) is 0 Å². The number of hydrogen-bond donors (Lipinski definition) is 2. The highest BCUT2D eigenvalue weighted by molar-refractivity contribution is 7.86. The smallest absolute Gasteiger partial charge is 0.297 e. The van der Waals surface area contributed by atoms with Crippen LogP contribution < -0.4 is 0 Å². The van der Waals surface area contributed by atoms with Crippen LogP contribution in [-0.4, -0.2) is 37.4 Å². The maximum absolute atomic E-state index is 11.9. The first-order chi connectivity index (χ1) is 9.86. The molecule has 1 aromatic rings. The van der Waals surface area contributed by atoms with Gasteiger partial charge in [-0.05, 0) is 25.5 Å². The number of hydrogen-bond acceptors (Lipinski definition) is 5. The quantitative estimate of drug-likeness (QED) is 0.564. The van der Waals surface area contributed by atoms with E-state index in [1.807, 2.05) is 13.8 Å². The lowest BCUT2D eigenvalue weighted by Crippen LogP contribution is -2.30. The normalized spacial score (nSPS) is 15.2. The molecule has 0 fully saturated rings. The molecule has 0 saturated heterocycles. The maximum atomic E-state index is 11.9. The molecule has 0 saturated carbocycles. The van der Waals surface area contributed by atoms with E-state index in [2.05, 4.69) is 0 Å². The molecule has 5 nitrogen and oxygen atoms in total. The van der Waals surface area contributed by atoms with E-state index in [-0.39, 0.29) is 4.90 Å². The molecular formula is C15H22O5S. The van der Waals surface area contributed by atoms with Crippen LogP contribution in [0.2, 0.25) is 0 Å². The van der Waals surface area contributed by atoms with E-state index in [1.165, 1.54) is 18.2 Å². The van der Waals surface area contributed by atoms with Gasteiger partial charge in [-0.15, -0.1) is 0 Å². The monoisotopic (exact) mass is 314 g/mol. The largest absolute Gasteiger partial charge is 0.388 e. The summed E-state index contributed by atoms with van der Waals surface area (Å²) in [7, 11) is -3.93. The first-order valence-corrected chi connectivity index (χ1v) is 8.26. The third-order valence-corrected chi connectivity index (χ3v) is 4.18. The Morgan fingerprint density at radius 2 is 1.86 bits per heavy atom. The van der Waals surface area contributed by atoms with Crippen molar-refractivity contribution in [2.45, 2.75) is 43.8 Å². The van der Waals surface area contributed by atoms with Crippen molar-refractivity contribution in [3.05, 3.63) is 42.0 Å². The summed E-state index contributed by atoms with van der Waals surface area (Å²) in [5.41, 5.74) is 0.936. The zero-order valence-electron chi connectivity index (χ0n) is 12.3. The second-order valence-corrected chi connectivity index (χ2v) is 6.44. The second-order valence-electron chi connectivity index (χ2n) is 4.83. The van der Waals surface area contributed by atoms with Crippen molar-refractivity contribution in [1.82, 2.24) is 0 Å². The van der Waals surface area contributed by atoms with Crippen molar-refractivity contribution in [2.24, 2.45) is 0 Å². The average Bonchev–Trinajstić information content (AvgIpc) is 2.45. The van der Waals surface area contributed by atoms with Gasteiger partial charge >= 0.3 is 0 Å². The standard InChI is InChI=1S/C15H22O5S/c1-3-4-5-6-14(16)15(17)11-20-21(18,19)13-9-7-12(2)8-10-13/h5-10,14-17H,3-4,11H2,1-2H3/b6-5+/t14-,15-/m1/s1. The summed E-state index contributed by atoms with van der Waals surface area (Å²) in [6.07, 6.45) is 2.45. The van der Waals surface area contributed by atoms with Gasteiger partial charge in [0, 0.05) is 0 Å². The molecule has 0 bridgehead atoms. The van der Waals surface area contributed by atoms with Gasteiger partial charge in [0.15, 0.2) is 0 Å². The van der Waals surface area contributed by atoms with Crippen LogP contribution in [-0.2, 0) is 14.3 Å². The lowest BCUT2D eigenvalue weighted by Gasteiger charge is -2.14. The Hall–Kier alpha value is -1.21. The van der Waals surface area contributed by atoms with Gasteiger partial charge in [0.1, 0.15) is 12.2 Å². The Labute approximate surface area is 126 Å². The molecule has 0 radical (unpaired) electrons. The maximum Gasteiger partial charge on any atom is 0.297 e. The number of rotatable bonds is 8. The van der Waals surface area contributed by atoms with Gasteiger partial charge in [0.2, 0.25) is 0 Å². The molecule has 0 spiro atoms. The number of benzene rings is 1. The van der Waals surface area contributed by atoms with E-state index in [9.17, 15) is 18.6 Å². The average molecular weight is 314 g/mol. The lowest BCUT2D eigenvalue weighted by molar-refractivity contribution is 0.0181. The van der Waals surface area contributed by atoms with E-state index >= 15 is 0 Å². The molecule has 1 aromatic carbocycles. The zero-order valence-corrected chi connectivity index (χ0v) is 13.1. The summed E-state index contributed by atoms with van der Waals surface area (Å²) in [5, 5.41) is 19.3. The summed E-state index contributed by atoms with van der Waals surface area (Å²) in [6, 6.07) is 6.20. The molecule has 21 heavy (non-hydrogen) atoms. The van der Waals surface area contributed by atoms with Crippen molar-refractivity contribution in [2.75, 3.05) is 6.61 Å². The highest BCUT2D eigenvalue weighted by Crippen LogP contribution is 2.14. The molecule has 2 N–H and O–H groups in total. The number of aryl methyl sites for hydroxylation is 1. The van der Waals surface area contributed by atoms with Gasteiger partial charge in [-0.2, -0.15) is 8.42 Å². The van der Waals surface area contributed by atoms with Gasteiger partial charge in [-0.3, -0.25) is 4.18 Å². The number of aliphatic hydroxyl groups is 2. The molecule has 1 rings (SSSR count). The van der Waals surface area contributed by atoms with Crippen molar-refractivity contribution in [3.63, 3.8) is 0 Å². The summed E-state index contributed by atoms with van der Waals surface area (Å²) < 4.78 is 28.6. The molecule has 118 valence electrons. The summed E-state index contributed by atoms with van der Waals surface area (Å²) in [6.45, 7) is 3.35. The number of allylic oxidation sites excluding steroid dienone is 1. The first-order valence-electron chi connectivity index (χ1n) is 6.85. The Kier molecular flexibility index (Phi) is 7.04. The van der Waals surface area contributed by atoms with Gasteiger partial charge in [0.05, 0.1) is 11.5 Å². The summed E-state index contributed by atoms with van der Waals surface area (Å²) in [4.78, 5) is 0.0244. The molecule has 0 aromatic heterocycles. The molecule has 0 aliphatic carbocycles. The Balaban J connectivity index is 2.58. The topological polar surface area (TPSA) is 83.8 Å². The summed E-state index contributed by atoms with van der Waals surface area (Å²) in [5.74, 6) is 0. The van der Waals surface area contributed by atoms with E-state index < -0.39 is 28.9 Å². The third kappa shape index (κ3) is 5.97. The fourth-order valence-electron chi connectivity index (χ4n) is 1.56. The predicted molar refractivity (Wildman–Crippen MR) is 80.4 cm³/mol. The number of aliphatic hydroxyl groups excluding tert-OH is 2. The van der Waals surface area contributed by atoms with Crippen molar-refractivity contribution < 1.29 is 22.8 Å². The third-order valence-electron chi connectivity index (χ3n) is 2.89. The van der Waals surface area contributed by atoms with Crippen LogP contribution in [0.5, 0.6) is 0 Å². The SMILES string of the molecule is CCC/C=C/[C@@H](O)[C@H](O)COS(=O)(=O)c1ccc(C)cc1. The minimum atomic E-state index is -3.93. The van der Waals surface area contributed by atoms with E-state index in [0.717, 1.165) is 18.4 Å². The molecule has 0 aliphatic rings. The van der Waals surface area contributed by atoms with E-state index in [1.54, 1.807) is 18.2 Å². The van der Waals surface area contributed by atoms with Gasteiger partial charge in [0.25, 0.3) is 10.1 Å². The minimum absolute atomic E-state index is 0.0244. The Morgan fingerprint density at radius 3 is 2.43 bits per heavy atom. The van der Waals surface area contributed by atoms with Gasteiger partial charge in [-0.25, -0.2) is 0 Å². The fraction of sp³-hybridized carbons (Fsp3) is 0.467. The van der Waals surface area contributed by atoms with Crippen LogP contribution in [0.15, 0.2) is 41.3 Å². The zero-order chi connectivity index (χ0) is 15.9. The van der Waals surface area contributed by atoms with Gasteiger partial charge < -0.3 is 10.2 Å².